The summed E-state index contributed by atoms with van der Waals surface area (Å²) in [6, 6.07) is 8.76. The highest BCUT2D eigenvalue weighted by atomic mass is 16.1. The van der Waals surface area contributed by atoms with Crippen molar-refractivity contribution in [2.75, 3.05) is 5.32 Å². The van der Waals surface area contributed by atoms with E-state index in [4.69, 9.17) is 0 Å². The first kappa shape index (κ1) is 13.9. The number of amides is 1. The summed E-state index contributed by atoms with van der Waals surface area (Å²) < 4.78 is 1.70. The number of aromatic nitrogens is 5. The van der Waals surface area contributed by atoms with Gasteiger partial charge in [0.1, 0.15) is 17.8 Å². The van der Waals surface area contributed by atoms with Crippen LogP contribution in [0, 0.1) is 13.8 Å². The van der Waals surface area contributed by atoms with Gasteiger partial charge in [0.25, 0.3) is 5.91 Å². The zero-order valence-electron chi connectivity index (χ0n) is 12.2. The Balaban J connectivity index is 1.86. The Bertz CT molecular complexity index is 812. The molecule has 0 aliphatic heterocycles. The number of nitrogens with zero attached hydrogens (tertiary/aromatic N) is 5. The SMILES string of the molecule is Cc1cc(C)n(-c2cc(NC(=O)c3ccccn3)ncn2)n1. The van der Waals surface area contributed by atoms with Gasteiger partial charge in [0.2, 0.25) is 0 Å². The van der Waals surface area contributed by atoms with E-state index in [0.717, 1.165) is 11.4 Å². The zero-order chi connectivity index (χ0) is 15.5. The van der Waals surface area contributed by atoms with Crippen LogP contribution in [-0.4, -0.2) is 30.6 Å². The van der Waals surface area contributed by atoms with Crippen molar-refractivity contribution in [3.63, 3.8) is 0 Å². The molecule has 0 saturated heterocycles. The van der Waals surface area contributed by atoms with E-state index in [1.807, 2.05) is 19.9 Å². The standard InChI is InChI=1S/C15H14N6O/c1-10-7-11(2)21(20-10)14-8-13(17-9-18-14)19-15(22)12-5-3-4-6-16-12/h3-9H,1-2H3,(H,17,18,19,22). The van der Waals surface area contributed by atoms with Crippen molar-refractivity contribution < 1.29 is 4.79 Å². The van der Waals surface area contributed by atoms with Crippen LogP contribution in [0.4, 0.5) is 5.82 Å². The Kier molecular flexibility index (Phi) is 3.61. The first-order valence-corrected chi connectivity index (χ1v) is 6.71. The number of carbonyl (C=O) groups excluding carboxylic acids is 1. The average Bonchev–Trinajstić information content (AvgIpc) is 2.87. The minimum Gasteiger partial charge on any atom is -0.305 e. The second kappa shape index (κ2) is 5.72. The summed E-state index contributed by atoms with van der Waals surface area (Å²) in [5.41, 5.74) is 2.18. The second-order valence-electron chi connectivity index (χ2n) is 4.77. The van der Waals surface area contributed by atoms with Crippen molar-refractivity contribution >= 4 is 11.7 Å². The lowest BCUT2D eigenvalue weighted by atomic mass is 10.3. The molecule has 3 aromatic rings. The van der Waals surface area contributed by atoms with E-state index in [2.05, 4.69) is 25.4 Å². The molecule has 3 aromatic heterocycles. The highest BCUT2D eigenvalue weighted by molar-refractivity contribution is 6.02. The van der Waals surface area contributed by atoms with Gasteiger partial charge in [-0.1, -0.05) is 6.07 Å². The molecule has 0 atom stereocenters. The number of carbonyl (C=O) groups is 1. The topological polar surface area (TPSA) is 85.6 Å². The maximum atomic E-state index is 12.1. The molecule has 0 aromatic carbocycles. The van der Waals surface area contributed by atoms with Crippen LogP contribution in [0.5, 0.6) is 0 Å². The summed E-state index contributed by atoms with van der Waals surface area (Å²) in [5, 5.41) is 7.06. The molecular formula is C15H14N6O. The summed E-state index contributed by atoms with van der Waals surface area (Å²) in [6.07, 6.45) is 2.95. The van der Waals surface area contributed by atoms with Crippen LogP contribution in [0.2, 0.25) is 0 Å². The van der Waals surface area contributed by atoms with Gasteiger partial charge in [0.05, 0.1) is 5.69 Å². The number of pyridine rings is 1. The molecule has 1 amide bonds. The number of anilines is 1. The van der Waals surface area contributed by atoms with E-state index < -0.39 is 0 Å². The molecule has 0 radical (unpaired) electrons. The van der Waals surface area contributed by atoms with E-state index in [0.29, 0.717) is 17.3 Å². The van der Waals surface area contributed by atoms with Gasteiger partial charge in [0, 0.05) is 18.0 Å². The predicted octanol–water partition coefficient (Wildman–Crippen LogP) is 1.93. The Hall–Kier alpha value is -3.09. The molecule has 7 nitrogen and oxygen atoms in total. The fraction of sp³-hybridized carbons (Fsp3) is 0.133. The van der Waals surface area contributed by atoms with Gasteiger partial charge >= 0.3 is 0 Å². The number of hydrogen-bond acceptors (Lipinski definition) is 5. The van der Waals surface area contributed by atoms with Crippen molar-refractivity contribution in [3.8, 4) is 5.82 Å². The fourth-order valence-electron chi connectivity index (χ4n) is 2.07. The van der Waals surface area contributed by atoms with Crippen molar-refractivity contribution in [2.24, 2.45) is 0 Å². The number of nitrogens with one attached hydrogen (secondary N) is 1. The molecule has 0 spiro atoms. The van der Waals surface area contributed by atoms with Crippen molar-refractivity contribution in [3.05, 3.63) is 59.9 Å². The van der Waals surface area contributed by atoms with E-state index in [9.17, 15) is 4.79 Å². The lowest BCUT2D eigenvalue weighted by Crippen LogP contribution is -2.15. The molecule has 0 aliphatic carbocycles. The van der Waals surface area contributed by atoms with Crippen LogP contribution in [0.3, 0.4) is 0 Å². The van der Waals surface area contributed by atoms with Crippen molar-refractivity contribution in [1.29, 1.82) is 0 Å². The summed E-state index contributed by atoms with van der Waals surface area (Å²) in [6.45, 7) is 3.85. The third-order valence-corrected chi connectivity index (χ3v) is 3.02. The largest absolute Gasteiger partial charge is 0.305 e. The van der Waals surface area contributed by atoms with Gasteiger partial charge in [-0.05, 0) is 32.0 Å². The molecule has 0 bridgehead atoms. The fourth-order valence-corrected chi connectivity index (χ4v) is 2.07. The first-order valence-electron chi connectivity index (χ1n) is 6.71. The summed E-state index contributed by atoms with van der Waals surface area (Å²) in [5.74, 6) is 0.670. The number of rotatable bonds is 3. The molecule has 3 heterocycles. The van der Waals surface area contributed by atoms with Gasteiger partial charge in [-0.3, -0.25) is 9.78 Å². The number of aryl methyl sites for hydroxylation is 2. The minimum absolute atomic E-state index is 0.321. The Labute approximate surface area is 127 Å². The molecule has 1 N–H and O–H groups in total. The van der Waals surface area contributed by atoms with Crippen molar-refractivity contribution in [2.45, 2.75) is 13.8 Å². The van der Waals surface area contributed by atoms with Crippen LogP contribution >= 0.6 is 0 Å². The average molecular weight is 294 g/mol. The van der Waals surface area contributed by atoms with Crippen LogP contribution in [0.15, 0.2) is 42.9 Å². The maximum Gasteiger partial charge on any atom is 0.275 e. The molecule has 0 unspecified atom stereocenters. The van der Waals surface area contributed by atoms with Gasteiger partial charge in [-0.25, -0.2) is 14.6 Å². The minimum atomic E-state index is -0.321. The third-order valence-electron chi connectivity index (χ3n) is 3.02. The summed E-state index contributed by atoms with van der Waals surface area (Å²) >= 11 is 0. The Morgan fingerprint density at radius 3 is 2.68 bits per heavy atom. The van der Waals surface area contributed by atoms with Gasteiger partial charge in [-0.2, -0.15) is 5.10 Å². The number of hydrogen-bond donors (Lipinski definition) is 1. The lowest BCUT2D eigenvalue weighted by molar-refractivity contribution is 0.102. The molecule has 3 rings (SSSR count). The van der Waals surface area contributed by atoms with E-state index in [1.165, 1.54) is 6.33 Å². The molecular weight excluding hydrogens is 280 g/mol. The zero-order valence-corrected chi connectivity index (χ0v) is 12.2. The third kappa shape index (κ3) is 2.83. The quantitative estimate of drug-likeness (QED) is 0.797. The molecule has 7 heteroatoms. The van der Waals surface area contributed by atoms with E-state index in [1.54, 1.807) is 35.1 Å². The lowest BCUT2D eigenvalue weighted by Gasteiger charge is -2.06. The maximum absolute atomic E-state index is 12.1. The Morgan fingerprint density at radius 2 is 2.00 bits per heavy atom. The second-order valence-corrected chi connectivity index (χ2v) is 4.77. The first-order chi connectivity index (χ1) is 10.6. The summed E-state index contributed by atoms with van der Waals surface area (Å²) in [4.78, 5) is 24.3. The van der Waals surface area contributed by atoms with Crippen molar-refractivity contribution in [1.82, 2.24) is 24.7 Å². The van der Waals surface area contributed by atoms with Crippen LogP contribution in [-0.2, 0) is 0 Å². The van der Waals surface area contributed by atoms with Gasteiger partial charge in [0.15, 0.2) is 5.82 Å². The molecule has 0 aliphatic rings. The smallest absolute Gasteiger partial charge is 0.275 e. The molecule has 110 valence electrons. The molecule has 22 heavy (non-hydrogen) atoms. The predicted molar refractivity (Wildman–Crippen MR) is 80.8 cm³/mol. The normalized spacial score (nSPS) is 10.5. The van der Waals surface area contributed by atoms with Gasteiger partial charge in [-0.15, -0.1) is 0 Å². The molecule has 0 fully saturated rings. The van der Waals surface area contributed by atoms with E-state index >= 15 is 0 Å². The van der Waals surface area contributed by atoms with Gasteiger partial charge < -0.3 is 5.32 Å². The summed E-state index contributed by atoms with van der Waals surface area (Å²) in [7, 11) is 0. The molecule has 0 saturated carbocycles. The van der Waals surface area contributed by atoms with E-state index in [-0.39, 0.29) is 5.91 Å². The highest BCUT2D eigenvalue weighted by Crippen LogP contribution is 2.12. The van der Waals surface area contributed by atoms with Crippen LogP contribution in [0.25, 0.3) is 5.82 Å². The van der Waals surface area contributed by atoms with Crippen LogP contribution in [0.1, 0.15) is 21.9 Å². The monoisotopic (exact) mass is 294 g/mol. The Morgan fingerprint density at radius 1 is 1.14 bits per heavy atom. The highest BCUT2D eigenvalue weighted by Gasteiger charge is 2.10. The van der Waals surface area contributed by atoms with Crippen LogP contribution < -0.4 is 5.32 Å².